The molecule has 1 heterocycles. The highest BCUT2D eigenvalue weighted by atomic mass is 79.9. The molecule has 0 spiro atoms. The monoisotopic (exact) mass is 312 g/mol. The Labute approximate surface area is 113 Å². The van der Waals surface area contributed by atoms with Crippen molar-refractivity contribution in [1.29, 1.82) is 0 Å². The van der Waals surface area contributed by atoms with Crippen LogP contribution in [0.3, 0.4) is 0 Å². The zero-order valence-electron chi connectivity index (χ0n) is 8.86. The predicted molar refractivity (Wildman–Crippen MR) is 71.4 cm³/mol. The summed E-state index contributed by atoms with van der Waals surface area (Å²) in [6, 6.07) is 7.26. The van der Waals surface area contributed by atoms with Crippen molar-refractivity contribution in [2.45, 2.75) is 6.54 Å². The van der Waals surface area contributed by atoms with Crippen molar-refractivity contribution in [3.63, 3.8) is 0 Å². The lowest BCUT2D eigenvalue weighted by molar-refractivity contribution is 0.479. The van der Waals surface area contributed by atoms with Gasteiger partial charge in [0, 0.05) is 17.2 Å². The largest absolute Gasteiger partial charge is 0.454 e. The smallest absolute Gasteiger partial charge is 0.147 e. The van der Waals surface area contributed by atoms with Gasteiger partial charge in [-0.1, -0.05) is 27.5 Å². The zero-order chi connectivity index (χ0) is 12.3. The van der Waals surface area contributed by atoms with Crippen LogP contribution in [0.4, 0.5) is 0 Å². The van der Waals surface area contributed by atoms with E-state index in [1.807, 2.05) is 12.1 Å². The van der Waals surface area contributed by atoms with E-state index in [1.54, 1.807) is 24.5 Å². The van der Waals surface area contributed by atoms with Gasteiger partial charge < -0.3 is 10.5 Å². The molecular formula is C12H10BrClN2O. The molecule has 0 atom stereocenters. The number of nitrogens with zero attached hydrogens (tertiary/aromatic N) is 1. The molecule has 2 N–H and O–H groups in total. The van der Waals surface area contributed by atoms with E-state index >= 15 is 0 Å². The van der Waals surface area contributed by atoms with Crippen molar-refractivity contribution in [2.75, 3.05) is 0 Å². The quantitative estimate of drug-likeness (QED) is 0.939. The minimum absolute atomic E-state index is 0.427. The SMILES string of the molecule is NCc1cncc(Oc2cc(Br)ccc2Cl)c1. The van der Waals surface area contributed by atoms with Crippen LogP contribution < -0.4 is 10.5 Å². The molecule has 88 valence electrons. The highest BCUT2D eigenvalue weighted by molar-refractivity contribution is 9.10. The standard InChI is InChI=1S/C12H10BrClN2O/c13-9-1-2-11(14)12(4-9)17-10-3-8(5-15)6-16-7-10/h1-4,6-7H,5,15H2. The molecule has 0 unspecified atom stereocenters. The van der Waals surface area contributed by atoms with Gasteiger partial charge in [0.05, 0.1) is 11.2 Å². The summed E-state index contributed by atoms with van der Waals surface area (Å²) in [7, 11) is 0. The number of hydrogen-bond acceptors (Lipinski definition) is 3. The second-order valence-electron chi connectivity index (χ2n) is 3.41. The number of hydrogen-bond donors (Lipinski definition) is 1. The van der Waals surface area contributed by atoms with Gasteiger partial charge in [-0.25, -0.2) is 0 Å². The van der Waals surface area contributed by atoms with Crippen molar-refractivity contribution in [1.82, 2.24) is 4.98 Å². The fourth-order valence-corrected chi connectivity index (χ4v) is 1.81. The van der Waals surface area contributed by atoms with Crippen molar-refractivity contribution < 1.29 is 4.74 Å². The van der Waals surface area contributed by atoms with E-state index in [0.29, 0.717) is 23.1 Å². The first-order chi connectivity index (χ1) is 8.19. The van der Waals surface area contributed by atoms with E-state index in [-0.39, 0.29) is 0 Å². The Bertz CT molecular complexity index is 534. The third-order valence-corrected chi connectivity index (χ3v) is 2.93. The van der Waals surface area contributed by atoms with E-state index in [2.05, 4.69) is 20.9 Å². The van der Waals surface area contributed by atoms with E-state index in [9.17, 15) is 0 Å². The molecule has 0 saturated heterocycles. The highest BCUT2D eigenvalue weighted by Crippen LogP contribution is 2.31. The van der Waals surface area contributed by atoms with Crippen LogP contribution in [0.1, 0.15) is 5.56 Å². The Morgan fingerprint density at radius 1 is 1.29 bits per heavy atom. The number of rotatable bonds is 3. The van der Waals surface area contributed by atoms with Crippen molar-refractivity contribution in [3.8, 4) is 11.5 Å². The van der Waals surface area contributed by atoms with Crippen molar-refractivity contribution in [2.24, 2.45) is 5.73 Å². The molecule has 2 aromatic rings. The summed E-state index contributed by atoms with van der Waals surface area (Å²) in [5.41, 5.74) is 6.45. The van der Waals surface area contributed by atoms with Crippen LogP contribution in [-0.4, -0.2) is 4.98 Å². The predicted octanol–water partition coefficient (Wildman–Crippen LogP) is 3.75. The summed E-state index contributed by atoms with van der Waals surface area (Å²) in [6.07, 6.45) is 3.33. The number of aromatic nitrogens is 1. The molecule has 2 rings (SSSR count). The summed E-state index contributed by atoms with van der Waals surface area (Å²) in [6.45, 7) is 0.427. The van der Waals surface area contributed by atoms with Crippen molar-refractivity contribution in [3.05, 3.63) is 51.7 Å². The molecule has 1 aromatic heterocycles. The maximum absolute atomic E-state index is 6.03. The molecule has 0 amide bonds. The van der Waals surface area contributed by atoms with E-state index in [4.69, 9.17) is 22.1 Å². The number of ether oxygens (including phenoxy) is 1. The Morgan fingerprint density at radius 2 is 2.12 bits per heavy atom. The van der Waals surface area contributed by atoms with Crippen LogP contribution >= 0.6 is 27.5 Å². The lowest BCUT2D eigenvalue weighted by atomic mass is 10.3. The number of pyridine rings is 1. The van der Waals surface area contributed by atoms with Crippen LogP contribution in [-0.2, 0) is 6.54 Å². The molecule has 0 radical (unpaired) electrons. The van der Waals surface area contributed by atoms with Crippen LogP contribution in [0.2, 0.25) is 5.02 Å². The van der Waals surface area contributed by atoms with Gasteiger partial charge in [-0.15, -0.1) is 0 Å². The Kier molecular flexibility index (Phi) is 3.99. The molecule has 0 aliphatic heterocycles. The summed E-state index contributed by atoms with van der Waals surface area (Å²) in [5, 5.41) is 0.548. The summed E-state index contributed by atoms with van der Waals surface area (Å²) >= 11 is 9.39. The Balaban J connectivity index is 2.27. The van der Waals surface area contributed by atoms with Crippen LogP contribution in [0, 0.1) is 0 Å². The second kappa shape index (κ2) is 5.49. The summed E-state index contributed by atoms with van der Waals surface area (Å²) in [5.74, 6) is 1.20. The Morgan fingerprint density at radius 3 is 2.88 bits per heavy atom. The molecule has 0 aliphatic carbocycles. The number of nitrogens with two attached hydrogens (primary N) is 1. The van der Waals surface area contributed by atoms with Crippen LogP contribution in [0.5, 0.6) is 11.5 Å². The summed E-state index contributed by atoms with van der Waals surface area (Å²) < 4.78 is 6.56. The minimum Gasteiger partial charge on any atom is -0.454 e. The normalized spacial score (nSPS) is 10.3. The van der Waals surface area contributed by atoms with Crippen LogP contribution in [0.15, 0.2) is 41.1 Å². The molecule has 0 bridgehead atoms. The van der Waals surface area contributed by atoms with Gasteiger partial charge in [-0.05, 0) is 29.8 Å². The third-order valence-electron chi connectivity index (χ3n) is 2.13. The lowest BCUT2D eigenvalue weighted by Gasteiger charge is -2.08. The fraction of sp³-hybridized carbons (Fsp3) is 0.0833. The topological polar surface area (TPSA) is 48.1 Å². The second-order valence-corrected chi connectivity index (χ2v) is 4.73. The maximum Gasteiger partial charge on any atom is 0.147 e. The van der Waals surface area contributed by atoms with E-state index < -0.39 is 0 Å². The van der Waals surface area contributed by atoms with Gasteiger partial charge in [0.15, 0.2) is 0 Å². The van der Waals surface area contributed by atoms with E-state index in [0.717, 1.165) is 10.0 Å². The van der Waals surface area contributed by atoms with Gasteiger partial charge in [-0.3, -0.25) is 4.98 Å². The van der Waals surface area contributed by atoms with Crippen LogP contribution in [0.25, 0.3) is 0 Å². The van der Waals surface area contributed by atoms with Crippen molar-refractivity contribution >= 4 is 27.5 Å². The van der Waals surface area contributed by atoms with Gasteiger partial charge in [-0.2, -0.15) is 0 Å². The van der Waals surface area contributed by atoms with Gasteiger partial charge in [0.25, 0.3) is 0 Å². The Hall–Kier alpha value is -1.10. The average molecular weight is 314 g/mol. The molecule has 0 saturated carbocycles. The average Bonchev–Trinajstić information content (AvgIpc) is 2.34. The van der Waals surface area contributed by atoms with Gasteiger partial charge in [0.1, 0.15) is 11.5 Å². The first kappa shape index (κ1) is 12.4. The molecule has 0 fully saturated rings. The summed E-state index contributed by atoms with van der Waals surface area (Å²) in [4.78, 5) is 4.04. The first-order valence-corrected chi connectivity index (χ1v) is 6.13. The molecular weight excluding hydrogens is 304 g/mol. The van der Waals surface area contributed by atoms with Gasteiger partial charge in [0.2, 0.25) is 0 Å². The lowest BCUT2D eigenvalue weighted by Crippen LogP contribution is -1.97. The number of halogens is 2. The van der Waals surface area contributed by atoms with E-state index in [1.165, 1.54) is 0 Å². The zero-order valence-corrected chi connectivity index (χ0v) is 11.2. The molecule has 17 heavy (non-hydrogen) atoms. The maximum atomic E-state index is 6.03. The molecule has 5 heteroatoms. The fourth-order valence-electron chi connectivity index (χ4n) is 1.31. The van der Waals surface area contributed by atoms with Gasteiger partial charge >= 0.3 is 0 Å². The minimum atomic E-state index is 0.427. The molecule has 3 nitrogen and oxygen atoms in total. The third kappa shape index (κ3) is 3.19. The molecule has 0 aliphatic rings. The highest BCUT2D eigenvalue weighted by Gasteiger charge is 2.04. The number of benzene rings is 1. The first-order valence-electron chi connectivity index (χ1n) is 4.96. The molecule has 1 aromatic carbocycles.